The van der Waals surface area contributed by atoms with Crippen molar-refractivity contribution < 1.29 is 4.74 Å². The zero-order valence-corrected chi connectivity index (χ0v) is 12.4. The van der Waals surface area contributed by atoms with Gasteiger partial charge in [0.15, 0.2) is 0 Å². The number of hydrogen-bond donors (Lipinski definition) is 1. The molecule has 2 N–H and O–H groups in total. The highest BCUT2D eigenvalue weighted by atomic mass is 32.1. The summed E-state index contributed by atoms with van der Waals surface area (Å²) in [4.78, 5) is 4.72. The van der Waals surface area contributed by atoms with E-state index in [9.17, 15) is 0 Å². The Morgan fingerprint density at radius 2 is 2.22 bits per heavy atom. The summed E-state index contributed by atoms with van der Waals surface area (Å²) in [7, 11) is 0. The van der Waals surface area contributed by atoms with Crippen molar-refractivity contribution in [3.63, 3.8) is 0 Å². The molecular weight excluding hydrogens is 244 g/mol. The van der Waals surface area contributed by atoms with Gasteiger partial charge in [-0.25, -0.2) is 4.98 Å². The third-order valence-corrected chi connectivity index (χ3v) is 4.93. The first kappa shape index (κ1) is 14.0. The van der Waals surface area contributed by atoms with Crippen LogP contribution in [0.25, 0.3) is 0 Å². The lowest BCUT2D eigenvalue weighted by Gasteiger charge is -2.37. The molecule has 18 heavy (non-hydrogen) atoms. The van der Waals surface area contributed by atoms with E-state index in [4.69, 9.17) is 15.5 Å². The molecule has 0 saturated heterocycles. The Kier molecular flexibility index (Phi) is 4.41. The van der Waals surface area contributed by atoms with Crippen molar-refractivity contribution in [3.05, 3.63) is 16.1 Å². The minimum Gasteiger partial charge on any atom is -0.368 e. The molecule has 0 aliphatic heterocycles. The summed E-state index contributed by atoms with van der Waals surface area (Å²) in [5.74, 6) is 0.812. The number of hydrogen-bond acceptors (Lipinski definition) is 4. The van der Waals surface area contributed by atoms with Gasteiger partial charge in [0.25, 0.3) is 0 Å². The largest absolute Gasteiger partial charge is 0.368 e. The second-order valence-corrected chi connectivity index (χ2v) is 6.33. The van der Waals surface area contributed by atoms with Gasteiger partial charge < -0.3 is 10.5 Å². The molecule has 1 heterocycles. The summed E-state index contributed by atoms with van der Waals surface area (Å²) in [6.45, 7) is 7.13. The summed E-state index contributed by atoms with van der Waals surface area (Å²) >= 11 is 1.71. The van der Waals surface area contributed by atoms with Crippen molar-refractivity contribution in [1.29, 1.82) is 0 Å². The summed E-state index contributed by atoms with van der Waals surface area (Å²) < 4.78 is 6.10. The smallest absolute Gasteiger partial charge is 0.125 e. The Balaban J connectivity index is 2.23. The van der Waals surface area contributed by atoms with Crippen molar-refractivity contribution in [2.24, 2.45) is 11.7 Å². The van der Waals surface area contributed by atoms with Gasteiger partial charge in [-0.3, -0.25) is 0 Å². The van der Waals surface area contributed by atoms with E-state index < -0.39 is 0 Å². The molecule has 3 nitrogen and oxygen atoms in total. The molecule has 2 rings (SSSR count). The van der Waals surface area contributed by atoms with Crippen LogP contribution < -0.4 is 5.73 Å². The van der Waals surface area contributed by atoms with Crippen molar-refractivity contribution in [2.75, 3.05) is 6.61 Å². The third kappa shape index (κ3) is 2.76. The topological polar surface area (TPSA) is 48.1 Å². The van der Waals surface area contributed by atoms with Crippen LogP contribution >= 0.6 is 11.3 Å². The number of nitrogens with two attached hydrogens (primary N) is 1. The van der Waals surface area contributed by atoms with Gasteiger partial charge in [0.05, 0.1) is 5.69 Å². The molecule has 1 saturated carbocycles. The van der Waals surface area contributed by atoms with Crippen LogP contribution in [0, 0.1) is 5.92 Å². The molecule has 1 unspecified atom stereocenters. The van der Waals surface area contributed by atoms with Crippen LogP contribution in [-0.2, 0) is 10.3 Å². The molecule has 0 spiro atoms. The van der Waals surface area contributed by atoms with E-state index in [1.807, 2.05) is 6.92 Å². The SMILES string of the molecule is CCOC1(c2nc(C(C)N)cs2)CCC(C)CC1. The van der Waals surface area contributed by atoms with Crippen LogP contribution in [0.15, 0.2) is 5.38 Å². The maximum Gasteiger partial charge on any atom is 0.125 e. The first-order valence-corrected chi connectivity index (χ1v) is 7.81. The number of rotatable bonds is 4. The monoisotopic (exact) mass is 268 g/mol. The molecule has 4 heteroatoms. The van der Waals surface area contributed by atoms with Crippen LogP contribution in [0.2, 0.25) is 0 Å². The average molecular weight is 268 g/mol. The van der Waals surface area contributed by atoms with Crippen molar-refractivity contribution in [3.8, 4) is 0 Å². The van der Waals surface area contributed by atoms with Crippen LogP contribution in [0.3, 0.4) is 0 Å². The van der Waals surface area contributed by atoms with Crippen molar-refractivity contribution in [1.82, 2.24) is 4.98 Å². The molecule has 0 radical (unpaired) electrons. The van der Waals surface area contributed by atoms with Crippen molar-refractivity contribution >= 4 is 11.3 Å². The van der Waals surface area contributed by atoms with E-state index in [0.717, 1.165) is 36.1 Å². The van der Waals surface area contributed by atoms with E-state index in [0.29, 0.717) is 0 Å². The molecule has 1 aliphatic carbocycles. The fourth-order valence-corrected chi connectivity index (χ4v) is 3.76. The molecule has 1 fully saturated rings. The Labute approximate surface area is 114 Å². The molecule has 0 aromatic carbocycles. The van der Waals surface area contributed by atoms with Gasteiger partial charge in [-0.2, -0.15) is 0 Å². The van der Waals surface area contributed by atoms with E-state index in [-0.39, 0.29) is 11.6 Å². The Hall–Kier alpha value is -0.450. The average Bonchev–Trinajstić information content (AvgIpc) is 2.83. The van der Waals surface area contributed by atoms with Crippen molar-refractivity contribution in [2.45, 2.75) is 58.1 Å². The minimum absolute atomic E-state index is 0.0104. The number of ether oxygens (including phenoxy) is 1. The normalized spacial score (nSPS) is 30.3. The lowest BCUT2D eigenvalue weighted by Crippen LogP contribution is -2.34. The van der Waals surface area contributed by atoms with Crippen LogP contribution in [0.5, 0.6) is 0 Å². The zero-order chi connectivity index (χ0) is 13.2. The van der Waals surface area contributed by atoms with Crippen LogP contribution in [0.4, 0.5) is 0 Å². The van der Waals surface area contributed by atoms with E-state index in [1.54, 1.807) is 11.3 Å². The molecule has 1 aromatic heterocycles. The lowest BCUT2D eigenvalue weighted by molar-refractivity contribution is -0.0777. The fourth-order valence-electron chi connectivity index (χ4n) is 2.63. The summed E-state index contributed by atoms with van der Waals surface area (Å²) in [6.07, 6.45) is 4.64. The highest BCUT2D eigenvalue weighted by Gasteiger charge is 2.39. The highest BCUT2D eigenvalue weighted by Crippen LogP contribution is 2.43. The lowest BCUT2D eigenvalue weighted by atomic mass is 9.79. The van der Waals surface area contributed by atoms with Gasteiger partial charge >= 0.3 is 0 Å². The standard InChI is InChI=1S/C14H24N2OS/c1-4-17-14(7-5-10(2)6-8-14)13-16-12(9-18-13)11(3)15/h9-11H,4-8,15H2,1-3H3. The Morgan fingerprint density at radius 3 is 2.72 bits per heavy atom. The van der Waals surface area contributed by atoms with E-state index in [1.165, 1.54) is 12.8 Å². The quantitative estimate of drug-likeness (QED) is 0.907. The Morgan fingerprint density at radius 1 is 1.56 bits per heavy atom. The van der Waals surface area contributed by atoms with Gasteiger partial charge in [0.1, 0.15) is 10.6 Å². The maximum atomic E-state index is 6.10. The van der Waals surface area contributed by atoms with E-state index in [2.05, 4.69) is 19.2 Å². The predicted molar refractivity (Wildman–Crippen MR) is 75.7 cm³/mol. The number of aromatic nitrogens is 1. The second-order valence-electron chi connectivity index (χ2n) is 5.48. The second kappa shape index (κ2) is 5.68. The molecule has 1 aromatic rings. The summed E-state index contributed by atoms with van der Waals surface area (Å²) in [5.41, 5.74) is 6.75. The van der Waals surface area contributed by atoms with Gasteiger partial charge in [-0.1, -0.05) is 6.92 Å². The number of nitrogens with zero attached hydrogens (tertiary/aromatic N) is 1. The summed E-state index contributed by atoms with van der Waals surface area (Å²) in [5, 5.41) is 3.21. The maximum absolute atomic E-state index is 6.10. The molecular formula is C14H24N2OS. The Bertz CT molecular complexity index is 381. The summed E-state index contributed by atoms with van der Waals surface area (Å²) in [6, 6.07) is 0.0104. The first-order valence-electron chi connectivity index (χ1n) is 6.93. The van der Waals surface area contributed by atoms with Gasteiger partial charge in [0.2, 0.25) is 0 Å². The highest BCUT2D eigenvalue weighted by molar-refractivity contribution is 7.09. The minimum atomic E-state index is -0.140. The molecule has 1 atom stereocenters. The third-order valence-electron chi connectivity index (χ3n) is 3.88. The molecule has 1 aliphatic rings. The van der Waals surface area contributed by atoms with Gasteiger partial charge in [-0.05, 0) is 45.4 Å². The predicted octanol–water partition coefficient (Wildman–Crippen LogP) is 3.60. The van der Waals surface area contributed by atoms with E-state index >= 15 is 0 Å². The van der Waals surface area contributed by atoms with Gasteiger partial charge in [-0.15, -0.1) is 11.3 Å². The van der Waals surface area contributed by atoms with Crippen LogP contribution in [0.1, 0.15) is 63.2 Å². The zero-order valence-electron chi connectivity index (χ0n) is 11.6. The molecule has 0 bridgehead atoms. The fraction of sp³-hybridized carbons (Fsp3) is 0.786. The van der Waals surface area contributed by atoms with Gasteiger partial charge in [0, 0.05) is 18.0 Å². The molecule has 102 valence electrons. The van der Waals surface area contributed by atoms with Crippen LogP contribution in [-0.4, -0.2) is 11.6 Å². The first-order chi connectivity index (χ1) is 8.57. The molecule has 0 amide bonds. The number of thiazole rings is 1.